The molecule has 0 radical (unpaired) electrons. The number of anilines is 1. The largest absolute Gasteiger partial charge is 0.354 e. The highest BCUT2D eigenvalue weighted by atomic mass is 15.2. The van der Waals surface area contributed by atoms with Gasteiger partial charge in [-0.2, -0.15) is 9.97 Å². The lowest BCUT2D eigenvalue weighted by atomic mass is 9.86. The lowest BCUT2D eigenvalue weighted by Crippen LogP contribution is -2.27. The summed E-state index contributed by atoms with van der Waals surface area (Å²) in [6, 6.07) is 9.77. The molecule has 1 aromatic carbocycles. The molecule has 2 aromatic rings. The summed E-state index contributed by atoms with van der Waals surface area (Å²) in [5.74, 6) is 2.63. The first-order valence-corrected chi connectivity index (χ1v) is 11.5. The average molecular weight is 390 g/mol. The van der Waals surface area contributed by atoms with E-state index in [1.54, 1.807) is 0 Å². The van der Waals surface area contributed by atoms with E-state index in [2.05, 4.69) is 41.5 Å². The quantitative estimate of drug-likeness (QED) is 0.845. The standard InChI is InChI=1S/C24H31N5/c1-29-16-2-3-19(29)8-15-25-22-27-20-17-4-6-18(7-5-17)23(9-10-23)11-12-24(13-14-24)21(26-20)28-22/h4-7,19H,2-3,8-16H2,1H3,(H,25,26,27,28). The zero-order chi connectivity index (χ0) is 19.5. The minimum atomic E-state index is 0.195. The molecule has 2 spiro atoms. The van der Waals surface area contributed by atoms with E-state index in [9.17, 15) is 0 Å². The highest BCUT2D eigenvalue weighted by molar-refractivity contribution is 5.58. The first-order valence-electron chi connectivity index (χ1n) is 11.5. The summed E-state index contributed by atoms with van der Waals surface area (Å²) < 4.78 is 0. The Bertz CT molecular complexity index is 913. The van der Waals surface area contributed by atoms with E-state index in [0.29, 0.717) is 11.5 Å². The Balaban J connectivity index is 1.30. The lowest BCUT2D eigenvalue weighted by Gasteiger charge is -2.20. The Labute approximate surface area is 173 Å². The highest BCUT2D eigenvalue weighted by Gasteiger charge is 2.52. The molecule has 5 nitrogen and oxygen atoms in total. The Morgan fingerprint density at radius 1 is 0.966 bits per heavy atom. The second-order valence-corrected chi connectivity index (χ2v) is 9.94. The van der Waals surface area contributed by atoms with Crippen LogP contribution in [0.2, 0.25) is 0 Å². The number of fused-ring (bicyclic) bond motifs is 3. The molecule has 152 valence electrons. The van der Waals surface area contributed by atoms with Gasteiger partial charge in [0.1, 0.15) is 5.82 Å². The van der Waals surface area contributed by atoms with E-state index in [4.69, 9.17) is 15.0 Å². The number of benzene rings is 1. The van der Waals surface area contributed by atoms with Crippen LogP contribution in [0.25, 0.3) is 11.4 Å². The summed E-state index contributed by atoms with van der Waals surface area (Å²) in [6.07, 6.45) is 11.4. The van der Waals surface area contributed by atoms with Crippen LogP contribution in [0.15, 0.2) is 24.3 Å². The molecule has 5 aliphatic rings. The molecule has 1 saturated heterocycles. The maximum Gasteiger partial charge on any atom is 0.226 e. The fraction of sp³-hybridized carbons (Fsp3) is 0.625. The van der Waals surface area contributed by atoms with E-state index in [0.717, 1.165) is 36.1 Å². The minimum absolute atomic E-state index is 0.195. The first kappa shape index (κ1) is 17.8. The molecule has 1 atom stereocenters. The molecule has 7 rings (SSSR count). The van der Waals surface area contributed by atoms with Crippen LogP contribution in [0.1, 0.15) is 69.2 Å². The van der Waals surface area contributed by atoms with Crippen molar-refractivity contribution in [1.29, 1.82) is 0 Å². The zero-order valence-corrected chi connectivity index (χ0v) is 17.5. The van der Waals surface area contributed by atoms with Crippen molar-refractivity contribution in [2.24, 2.45) is 0 Å². The van der Waals surface area contributed by atoms with Gasteiger partial charge in [-0.25, -0.2) is 4.98 Å². The van der Waals surface area contributed by atoms with Crippen LogP contribution in [-0.4, -0.2) is 46.0 Å². The normalized spacial score (nSPS) is 25.9. The molecule has 1 unspecified atom stereocenters. The maximum absolute atomic E-state index is 4.97. The van der Waals surface area contributed by atoms with Gasteiger partial charge in [0.25, 0.3) is 0 Å². The second kappa shape index (κ2) is 6.49. The predicted octanol–water partition coefficient (Wildman–Crippen LogP) is 4.29. The lowest BCUT2D eigenvalue weighted by molar-refractivity contribution is 0.301. The van der Waals surface area contributed by atoms with Crippen LogP contribution in [0.3, 0.4) is 0 Å². The summed E-state index contributed by atoms with van der Waals surface area (Å²) in [5.41, 5.74) is 3.25. The Morgan fingerprint density at radius 2 is 1.69 bits per heavy atom. The summed E-state index contributed by atoms with van der Waals surface area (Å²) >= 11 is 0. The van der Waals surface area contributed by atoms with E-state index in [1.165, 1.54) is 63.5 Å². The fourth-order valence-electron chi connectivity index (χ4n) is 5.54. The molecular weight excluding hydrogens is 358 g/mol. The van der Waals surface area contributed by atoms with Crippen LogP contribution in [0, 0.1) is 0 Å². The molecule has 5 heteroatoms. The van der Waals surface area contributed by atoms with Gasteiger partial charge in [-0.1, -0.05) is 24.3 Å². The van der Waals surface area contributed by atoms with Crippen molar-refractivity contribution >= 4 is 5.95 Å². The summed E-state index contributed by atoms with van der Waals surface area (Å²) in [7, 11) is 2.24. The second-order valence-electron chi connectivity index (χ2n) is 9.94. The van der Waals surface area contributed by atoms with Gasteiger partial charge in [0.15, 0.2) is 5.82 Å². The molecule has 1 N–H and O–H groups in total. The molecular formula is C24H31N5. The average Bonchev–Trinajstić information content (AvgIpc) is 3.66. The Hall–Kier alpha value is -2.01. The molecule has 2 saturated carbocycles. The molecule has 4 heterocycles. The highest BCUT2D eigenvalue weighted by Crippen LogP contribution is 2.58. The monoisotopic (exact) mass is 389 g/mol. The molecule has 2 aliphatic carbocycles. The van der Waals surface area contributed by atoms with Crippen molar-refractivity contribution in [3.63, 3.8) is 0 Å². The van der Waals surface area contributed by atoms with Gasteiger partial charge >= 0.3 is 0 Å². The molecule has 29 heavy (non-hydrogen) atoms. The van der Waals surface area contributed by atoms with Crippen LogP contribution in [0.4, 0.5) is 5.95 Å². The van der Waals surface area contributed by atoms with Crippen LogP contribution >= 0.6 is 0 Å². The third-order valence-electron chi connectivity index (χ3n) is 8.09. The van der Waals surface area contributed by atoms with Gasteiger partial charge in [-0.15, -0.1) is 0 Å². The molecule has 4 bridgehead atoms. The first-order chi connectivity index (χ1) is 14.2. The number of nitrogens with one attached hydrogen (secondary N) is 1. The molecule has 3 fully saturated rings. The topological polar surface area (TPSA) is 53.9 Å². The van der Waals surface area contributed by atoms with Crippen molar-refractivity contribution in [3.05, 3.63) is 35.7 Å². The summed E-state index contributed by atoms with van der Waals surface area (Å²) in [6.45, 7) is 2.15. The van der Waals surface area contributed by atoms with E-state index in [-0.39, 0.29) is 5.41 Å². The number of likely N-dealkylation sites (tertiary alicyclic amines) is 1. The maximum atomic E-state index is 4.97. The van der Waals surface area contributed by atoms with Crippen molar-refractivity contribution in [3.8, 4) is 11.4 Å². The van der Waals surface area contributed by atoms with Gasteiger partial charge in [0.2, 0.25) is 5.95 Å². The number of hydrogen-bond donors (Lipinski definition) is 1. The number of hydrogen-bond acceptors (Lipinski definition) is 5. The molecule has 3 aliphatic heterocycles. The van der Waals surface area contributed by atoms with Gasteiger partial charge in [0.05, 0.1) is 0 Å². The van der Waals surface area contributed by atoms with Crippen molar-refractivity contribution in [1.82, 2.24) is 19.9 Å². The smallest absolute Gasteiger partial charge is 0.226 e. The third-order valence-corrected chi connectivity index (χ3v) is 8.09. The molecule has 1 aromatic heterocycles. The third kappa shape index (κ3) is 3.14. The summed E-state index contributed by atoms with van der Waals surface area (Å²) in [5, 5.41) is 3.54. The minimum Gasteiger partial charge on any atom is -0.354 e. The van der Waals surface area contributed by atoms with Gasteiger partial charge in [0, 0.05) is 23.6 Å². The zero-order valence-electron chi connectivity index (χ0n) is 17.5. The van der Waals surface area contributed by atoms with E-state index in [1.807, 2.05) is 0 Å². The number of nitrogens with zero attached hydrogens (tertiary/aromatic N) is 4. The van der Waals surface area contributed by atoms with Crippen LogP contribution in [-0.2, 0) is 10.8 Å². The SMILES string of the molecule is CN1CCCC1CCNc1nc2nc(n1)C1(CCC3(CC3)c3ccc-2cc3)CC1. The van der Waals surface area contributed by atoms with Crippen LogP contribution in [0.5, 0.6) is 0 Å². The predicted molar refractivity (Wildman–Crippen MR) is 115 cm³/mol. The summed E-state index contributed by atoms with van der Waals surface area (Å²) in [4.78, 5) is 17.2. The van der Waals surface area contributed by atoms with Gasteiger partial charge in [-0.05, 0) is 82.4 Å². The Morgan fingerprint density at radius 3 is 2.38 bits per heavy atom. The van der Waals surface area contributed by atoms with Gasteiger partial charge in [-0.3, -0.25) is 0 Å². The molecule has 0 amide bonds. The number of rotatable bonds is 4. The number of aromatic nitrogens is 3. The van der Waals surface area contributed by atoms with Crippen molar-refractivity contribution < 1.29 is 0 Å². The Kier molecular flexibility index (Phi) is 3.99. The van der Waals surface area contributed by atoms with Gasteiger partial charge < -0.3 is 10.2 Å². The fourth-order valence-corrected chi connectivity index (χ4v) is 5.54. The van der Waals surface area contributed by atoms with Crippen LogP contribution < -0.4 is 5.32 Å². The van der Waals surface area contributed by atoms with E-state index < -0.39 is 0 Å². The van der Waals surface area contributed by atoms with Crippen molar-refractivity contribution in [2.45, 2.75) is 74.7 Å². The van der Waals surface area contributed by atoms with Crippen molar-refractivity contribution in [2.75, 3.05) is 25.5 Å². The van der Waals surface area contributed by atoms with E-state index >= 15 is 0 Å².